The molecule has 2 rings (SSSR count). The molecule has 0 aliphatic carbocycles. The Morgan fingerprint density at radius 2 is 2.30 bits per heavy atom. The van der Waals surface area contributed by atoms with Gasteiger partial charge in [0.15, 0.2) is 5.96 Å². The summed E-state index contributed by atoms with van der Waals surface area (Å²) < 4.78 is 6.85. The highest BCUT2D eigenvalue weighted by atomic mass is 127. The van der Waals surface area contributed by atoms with Crippen molar-refractivity contribution in [3.63, 3.8) is 0 Å². The zero-order valence-electron chi connectivity index (χ0n) is 11.9. The summed E-state index contributed by atoms with van der Waals surface area (Å²) >= 11 is 0. The number of nitrogens with zero attached hydrogens (tertiary/aromatic N) is 4. The molecule has 0 bridgehead atoms. The van der Waals surface area contributed by atoms with E-state index in [1.807, 2.05) is 35.8 Å². The fourth-order valence-electron chi connectivity index (χ4n) is 1.87. The average molecular weight is 389 g/mol. The normalized spacial score (nSPS) is 11.1. The van der Waals surface area contributed by atoms with E-state index in [-0.39, 0.29) is 24.0 Å². The van der Waals surface area contributed by atoms with E-state index in [1.165, 1.54) is 5.56 Å². The maximum Gasteiger partial charge on any atom is 0.194 e. The fraction of sp³-hybridized carbons (Fsp3) is 0.385. The standard InChI is InChI=1S/C13H19N5O.HI/c1-14-13(15-8-11-4-6-17(2)9-11)18(3)10-12-5-7-19-16-12;/h4-7,9H,8,10H2,1-3H3,(H,14,15);1H. The maximum absolute atomic E-state index is 4.82. The lowest BCUT2D eigenvalue weighted by Gasteiger charge is -2.20. The Hall–Kier alpha value is -1.51. The molecule has 6 nitrogen and oxygen atoms in total. The molecule has 2 aromatic rings. The number of halogens is 1. The second-order valence-electron chi connectivity index (χ2n) is 4.43. The molecule has 0 radical (unpaired) electrons. The van der Waals surface area contributed by atoms with E-state index in [9.17, 15) is 0 Å². The van der Waals surface area contributed by atoms with E-state index in [4.69, 9.17) is 4.52 Å². The van der Waals surface area contributed by atoms with Crippen LogP contribution in [-0.2, 0) is 20.1 Å². The fourth-order valence-corrected chi connectivity index (χ4v) is 1.87. The van der Waals surface area contributed by atoms with Crippen molar-refractivity contribution in [3.05, 3.63) is 42.0 Å². The number of aliphatic imine (C=N–C) groups is 1. The van der Waals surface area contributed by atoms with Gasteiger partial charge in [-0.1, -0.05) is 5.16 Å². The molecular weight excluding hydrogens is 369 g/mol. The lowest BCUT2D eigenvalue weighted by molar-refractivity contribution is 0.391. The predicted molar refractivity (Wildman–Crippen MR) is 89.0 cm³/mol. The van der Waals surface area contributed by atoms with Gasteiger partial charge in [0, 0.05) is 46.1 Å². The molecule has 7 heteroatoms. The molecule has 0 unspecified atom stereocenters. The summed E-state index contributed by atoms with van der Waals surface area (Å²) in [6, 6.07) is 3.93. The molecule has 0 aliphatic rings. The summed E-state index contributed by atoms with van der Waals surface area (Å²) in [7, 11) is 5.75. The summed E-state index contributed by atoms with van der Waals surface area (Å²) in [6.45, 7) is 1.40. The molecule has 0 aliphatic heterocycles. The first kappa shape index (κ1) is 16.5. The van der Waals surface area contributed by atoms with Gasteiger partial charge in [0.1, 0.15) is 12.0 Å². The summed E-state index contributed by atoms with van der Waals surface area (Å²) in [5, 5.41) is 7.21. The van der Waals surface area contributed by atoms with Gasteiger partial charge in [0.05, 0.1) is 6.54 Å². The SMILES string of the molecule is CN=C(NCc1ccn(C)c1)N(C)Cc1ccon1.I. The van der Waals surface area contributed by atoms with Crippen LogP contribution >= 0.6 is 24.0 Å². The number of aromatic nitrogens is 2. The second kappa shape index (κ2) is 7.93. The smallest absolute Gasteiger partial charge is 0.194 e. The van der Waals surface area contributed by atoms with Crippen molar-refractivity contribution in [2.24, 2.45) is 12.0 Å². The van der Waals surface area contributed by atoms with E-state index in [0.29, 0.717) is 6.54 Å². The Balaban J connectivity index is 0.00000200. The summed E-state index contributed by atoms with van der Waals surface area (Å²) in [5.41, 5.74) is 2.10. The summed E-state index contributed by atoms with van der Waals surface area (Å²) in [6.07, 6.45) is 5.68. The molecule has 0 atom stereocenters. The van der Waals surface area contributed by atoms with Crippen LogP contribution < -0.4 is 5.32 Å². The Morgan fingerprint density at radius 3 is 2.85 bits per heavy atom. The molecule has 0 saturated carbocycles. The molecule has 110 valence electrons. The summed E-state index contributed by atoms with van der Waals surface area (Å²) in [5.74, 6) is 0.826. The average Bonchev–Trinajstić information content (AvgIpc) is 3.02. The van der Waals surface area contributed by atoms with E-state index < -0.39 is 0 Å². The van der Waals surface area contributed by atoms with Crippen LogP contribution in [0, 0.1) is 0 Å². The number of guanidine groups is 1. The van der Waals surface area contributed by atoms with Crippen molar-refractivity contribution in [2.75, 3.05) is 14.1 Å². The molecule has 0 saturated heterocycles. The van der Waals surface area contributed by atoms with E-state index in [1.54, 1.807) is 13.3 Å². The monoisotopic (exact) mass is 389 g/mol. The Labute approximate surface area is 135 Å². The third kappa shape index (κ3) is 4.55. The lowest BCUT2D eigenvalue weighted by atomic mass is 10.3. The second-order valence-corrected chi connectivity index (χ2v) is 4.43. The van der Waals surface area contributed by atoms with Gasteiger partial charge in [0.25, 0.3) is 0 Å². The molecule has 2 aromatic heterocycles. The predicted octanol–water partition coefficient (Wildman–Crippen LogP) is 1.84. The van der Waals surface area contributed by atoms with Gasteiger partial charge < -0.3 is 19.3 Å². The van der Waals surface area contributed by atoms with Crippen LogP contribution in [0.5, 0.6) is 0 Å². The van der Waals surface area contributed by atoms with E-state index >= 15 is 0 Å². The quantitative estimate of drug-likeness (QED) is 0.493. The minimum atomic E-state index is 0. The number of hydrogen-bond acceptors (Lipinski definition) is 3. The number of aryl methyl sites for hydroxylation is 1. The van der Waals surface area contributed by atoms with Gasteiger partial charge >= 0.3 is 0 Å². The summed E-state index contributed by atoms with van der Waals surface area (Å²) in [4.78, 5) is 6.26. The van der Waals surface area contributed by atoms with E-state index in [2.05, 4.69) is 27.7 Å². The van der Waals surface area contributed by atoms with E-state index in [0.717, 1.165) is 18.2 Å². The zero-order valence-corrected chi connectivity index (χ0v) is 14.2. The molecule has 0 amide bonds. The van der Waals surface area contributed by atoms with Crippen LogP contribution in [-0.4, -0.2) is 34.7 Å². The topological polar surface area (TPSA) is 58.6 Å². The van der Waals surface area contributed by atoms with Crippen LogP contribution in [0.25, 0.3) is 0 Å². The van der Waals surface area contributed by atoms with Gasteiger partial charge in [-0.25, -0.2) is 0 Å². The van der Waals surface area contributed by atoms with Crippen LogP contribution in [0.2, 0.25) is 0 Å². The van der Waals surface area contributed by atoms with Crippen molar-refractivity contribution < 1.29 is 4.52 Å². The third-order valence-electron chi connectivity index (χ3n) is 2.81. The molecule has 20 heavy (non-hydrogen) atoms. The van der Waals surface area contributed by atoms with Gasteiger partial charge in [-0.3, -0.25) is 4.99 Å². The van der Waals surface area contributed by atoms with Gasteiger partial charge in [-0.2, -0.15) is 0 Å². The minimum Gasteiger partial charge on any atom is -0.364 e. The van der Waals surface area contributed by atoms with Crippen molar-refractivity contribution in [1.82, 2.24) is 19.9 Å². The van der Waals surface area contributed by atoms with Gasteiger partial charge in [-0.05, 0) is 11.6 Å². The lowest BCUT2D eigenvalue weighted by Crippen LogP contribution is -2.38. The number of nitrogens with one attached hydrogen (secondary N) is 1. The van der Waals surface area contributed by atoms with Crippen LogP contribution in [0.15, 0.2) is 40.3 Å². The Kier molecular flexibility index (Phi) is 6.56. The molecule has 2 heterocycles. The van der Waals surface area contributed by atoms with Crippen LogP contribution in [0.4, 0.5) is 0 Å². The maximum atomic E-state index is 4.82. The first-order valence-corrected chi connectivity index (χ1v) is 6.11. The number of rotatable bonds is 4. The van der Waals surface area contributed by atoms with Crippen molar-refractivity contribution in [3.8, 4) is 0 Å². The molecule has 1 N–H and O–H groups in total. The number of hydrogen-bond donors (Lipinski definition) is 1. The largest absolute Gasteiger partial charge is 0.364 e. The Morgan fingerprint density at radius 1 is 1.50 bits per heavy atom. The van der Waals surface area contributed by atoms with Crippen molar-refractivity contribution in [2.45, 2.75) is 13.1 Å². The highest BCUT2D eigenvalue weighted by Gasteiger charge is 2.08. The first-order valence-electron chi connectivity index (χ1n) is 6.11. The van der Waals surface area contributed by atoms with Gasteiger partial charge in [-0.15, -0.1) is 24.0 Å². The minimum absolute atomic E-state index is 0. The zero-order chi connectivity index (χ0) is 13.7. The molecule has 0 spiro atoms. The molecular formula is C13H20IN5O. The third-order valence-corrected chi connectivity index (χ3v) is 2.81. The van der Waals surface area contributed by atoms with Crippen LogP contribution in [0.3, 0.4) is 0 Å². The molecule has 0 aromatic carbocycles. The van der Waals surface area contributed by atoms with Gasteiger partial charge in [0.2, 0.25) is 0 Å². The van der Waals surface area contributed by atoms with Crippen molar-refractivity contribution >= 4 is 29.9 Å². The van der Waals surface area contributed by atoms with Crippen molar-refractivity contribution in [1.29, 1.82) is 0 Å². The molecule has 0 fully saturated rings. The van der Waals surface area contributed by atoms with Crippen LogP contribution in [0.1, 0.15) is 11.3 Å². The highest BCUT2D eigenvalue weighted by Crippen LogP contribution is 2.02. The Bertz CT molecular complexity index is 535. The highest BCUT2D eigenvalue weighted by molar-refractivity contribution is 14.0. The first-order chi connectivity index (χ1) is 9.19.